The quantitative estimate of drug-likeness (QED) is 0.797. The minimum absolute atomic E-state index is 0.451. The molecule has 1 aromatic heterocycles. The molecule has 0 saturated carbocycles. The van der Waals surface area contributed by atoms with E-state index in [1.807, 2.05) is 0 Å². The smallest absolute Gasteiger partial charge is 0.303 e. The van der Waals surface area contributed by atoms with Crippen molar-refractivity contribution < 1.29 is 4.52 Å². The number of aromatic nitrogens is 2. The lowest BCUT2D eigenvalue weighted by Crippen LogP contribution is -2.36. The SMILES string of the molecule is CCN1CCCC(Cc2noc(=O)[nH]2)C1. The molecule has 1 N–H and O–H groups in total. The first kappa shape index (κ1) is 10.4. The van der Waals surface area contributed by atoms with Crippen LogP contribution in [-0.4, -0.2) is 34.7 Å². The van der Waals surface area contributed by atoms with Gasteiger partial charge in [-0.05, 0) is 31.8 Å². The lowest BCUT2D eigenvalue weighted by atomic mass is 9.94. The van der Waals surface area contributed by atoms with E-state index in [-0.39, 0.29) is 0 Å². The normalized spacial score (nSPS) is 23.1. The largest absolute Gasteiger partial charge is 0.438 e. The van der Waals surface area contributed by atoms with Gasteiger partial charge in [0.1, 0.15) is 0 Å². The van der Waals surface area contributed by atoms with Gasteiger partial charge in [0.15, 0.2) is 5.82 Å². The summed E-state index contributed by atoms with van der Waals surface area (Å²) in [5, 5.41) is 3.70. The second-order valence-corrected chi connectivity index (χ2v) is 4.15. The summed E-state index contributed by atoms with van der Waals surface area (Å²) in [7, 11) is 0. The van der Waals surface area contributed by atoms with Crippen LogP contribution in [0.15, 0.2) is 9.32 Å². The molecule has 0 aromatic carbocycles. The maximum absolute atomic E-state index is 10.8. The Balaban J connectivity index is 1.91. The summed E-state index contributed by atoms with van der Waals surface area (Å²) in [5.41, 5.74) is 0. The molecule has 84 valence electrons. The molecule has 1 fully saturated rings. The van der Waals surface area contributed by atoms with Crippen molar-refractivity contribution in [1.82, 2.24) is 15.0 Å². The van der Waals surface area contributed by atoms with Gasteiger partial charge in [0, 0.05) is 13.0 Å². The average molecular weight is 211 g/mol. The number of hydrogen-bond acceptors (Lipinski definition) is 4. The number of likely N-dealkylation sites (tertiary alicyclic amines) is 1. The van der Waals surface area contributed by atoms with Gasteiger partial charge in [-0.15, -0.1) is 0 Å². The molecule has 0 aliphatic carbocycles. The third kappa shape index (κ3) is 2.68. The van der Waals surface area contributed by atoms with Gasteiger partial charge in [-0.25, -0.2) is 4.79 Å². The lowest BCUT2D eigenvalue weighted by molar-refractivity contribution is 0.180. The summed E-state index contributed by atoms with van der Waals surface area (Å²) >= 11 is 0. The Morgan fingerprint density at radius 1 is 1.67 bits per heavy atom. The van der Waals surface area contributed by atoms with Gasteiger partial charge in [0.2, 0.25) is 0 Å². The molecule has 15 heavy (non-hydrogen) atoms. The molecule has 1 unspecified atom stereocenters. The first-order valence-corrected chi connectivity index (χ1v) is 5.55. The average Bonchev–Trinajstić information content (AvgIpc) is 2.64. The topological polar surface area (TPSA) is 62.1 Å². The second kappa shape index (κ2) is 4.61. The van der Waals surface area contributed by atoms with Crippen LogP contribution in [0.1, 0.15) is 25.6 Å². The van der Waals surface area contributed by atoms with E-state index < -0.39 is 5.76 Å². The van der Waals surface area contributed by atoms with Crippen molar-refractivity contribution in [3.05, 3.63) is 16.4 Å². The van der Waals surface area contributed by atoms with Gasteiger partial charge in [-0.3, -0.25) is 9.51 Å². The van der Waals surface area contributed by atoms with E-state index in [1.54, 1.807) is 0 Å². The molecule has 0 radical (unpaired) electrons. The Kier molecular flexibility index (Phi) is 3.20. The molecule has 5 heteroatoms. The van der Waals surface area contributed by atoms with Crippen molar-refractivity contribution in [3.63, 3.8) is 0 Å². The van der Waals surface area contributed by atoms with Crippen molar-refractivity contribution >= 4 is 0 Å². The highest BCUT2D eigenvalue weighted by Gasteiger charge is 2.20. The summed E-state index contributed by atoms with van der Waals surface area (Å²) in [6.07, 6.45) is 3.27. The number of H-pyrrole nitrogens is 1. The third-order valence-electron chi connectivity index (χ3n) is 3.02. The van der Waals surface area contributed by atoms with Crippen LogP contribution in [0, 0.1) is 5.92 Å². The highest BCUT2D eigenvalue weighted by Crippen LogP contribution is 2.18. The van der Waals surface area contributed by atoms with Crippen molar-refractivity contribution in [3.8, 4) is 0 Å². The summed E-state index contributed by atoms with van der Waals surface area (Å²) in [6, 6.07) is 0. The minimum atomic E-state index is -0.451. The standard InChI is InChI=1S/C10H17N3O2/c1-2-13-5-3-4-8(7-13)6-9-11-10(14)15-12-9/h8H,2-7H2,1H3,(H,11,12,14). The zero-order valence-corrected chi connectivity index (χ0v) is 9.03. The van der Waals surface area contributed by atoms with Crippen LogP contribution in [0.2, 0.25) is 0 Å². The molecule has 2 heterocycles. The number of piperidine rings is 1. The molecule has 0 bridgehead atoms. The Morgan fingerprint density at radius 2 is 2.53 bits per heavy atom. The predicted molar refractivity (Wildman–Crippen MR) is 55.7 cm³/mol. The summed E-state index contributed by atoms with van der Waals surface area (Å²) in [5.74, 6) is 0.829. The molecular weight excluding hydrogens is 194 g/mol. The molecule has 0 spiro atoms. The molecule has 1 aromatic rings. The van der Waals surface area contributed by atoms with Gasteiger partial charge >= 0.3 is 5.76 Å². The Labute approximate surface area is 88.5 Å². The van der Waals surface area contributed by atoms with Crippen molar-refractivity contribution in [2.75, 3.05) is 19.6 Å². The molecule has 1 atom stereocenters. The molecule has 1 aliphatic heterocycles. The van der Waals surface area contributed by atoms with Crippen LogP contribution in [-0.2, 0) is 6.42 Å². The van der Waals surface area contributed by atoms with Crippen molar-refractivity contribution in [1.29, 1.82) is 0 Å². The van der Waals surface area contributed by atoms with Crippen LogP contribution in [0.3, 0.4) is 0 Å². The zero-order chi connectivity index (χ0) is 10.7. The monoisotopic (exact) mass is 211 g/mol. The fraction of sp³-hybridized carbons (Fsp3) is 0.800. The van der Waals surface area contributed by atoms with Crippen LogP contribution in [0.5, 0.6) is 0 Å². The first-order chi connectivity index (χ1) is 7.28. The fourth-order valence-electron chi connectivity index (χ4n) is 2.23. The van der Waals surface area contributed by atoms with Crippen LogP contribution < -0.4 is 5.76 Å². The number of aromatic amines is 1. The Bertz CT molecular complexity index is 358. The van der Waals surface area contributed by atoms with Crippen LogP contribution in [0.4, 0.5) is 0 Å². The minimum Gasteiger partial charge on any atom is -0.303 e. The molecule has 1 aliphatic rings. The number of hydrogen-bond donors (Lipinski definition) is 1. The Morgan fingerprint density at radius 3 is 3.20 bits per heavy atom. The van der Waals surface area contributed by atoms with E-state index in [9.17, 15) is 4.79 Å². The number of nitrogens with zero attached hydrogens (tertiary/aromatic N) is 2. The highest BCUT2D eigenvalue weighted by molar-refractivity contribution is 4.85. The summed E-state index contributed by atoms with van der Waals surface area (Å²) in [4.78, 5) is 15.8. The second-order valence-electron chi connectivity index (χ2n) is 4.15. The fourth-order valence-corrected chi connectivity index (χ4v) is 2.23. The molecular formula is C10H17N3O2. The van der Waals surface area contributed by atoms with Crippen LogP contribution >= 0.6 is 0 Å². The maximum Gasteiger partial charge on any atom is 0.438 e. The number of rotatable bonds is 3. The van der Waals surface area contributed by atoms with E-state index in [2.05, 4.69) is 26.5 Å². The van der Waals surface area contributed by atoms with Crippen molar-refractivity contribution in [2.24, 2.45) is 5.92 Å². The maximum atomic E-state index is 10.8. The van der Waals surface area contributed by atoms with E-state index >= 15 is 0 Å². The molecule has 0 amide bonds. The van der Waals surface area contributed by atoms with E-state index in [0.29, 0.717) is 11.7 Å². The predicted octanol–water partition coefficient (Wildman–Crippen LogP) is 0.637. The van der Waals surface area contributed by atoms with Gasteiger partial charge in [0.05, 0.1) is 0 Å². The lowest BCUT2D eigenvalue weighted by Gasteiger charge is -2.31. The Hall–Kier alpha value is -1.10. The molecule has 1 saturated heterocycles. The van der Waals surface area contributed by atoms with Gasteiger partial charge in [-0.1, -0.05) is 12.1 Å². The van der Waals surface area contributed by atoms with E-state index in [4.69, 9.17) is 0 Å². The van der Waals surface area contributed by atoms with Gasteiger partial charge in [-0.2, -0.15) is 0 Å². The third-order valence-corrected chi connectivity index (χ3v) is 3.02. The van der Waals surface area contributed by atoms with E-state index in [1.165, 1.54) is 19.4 Å². The highest BCUT2D eigenvalue weighted by atomic mass is 16.5. The summed E-state index contributed by atoms with van der Waals surface area (Å²) < 4.78 is 4.48. The van der Waals surface area contributed by atoms with Gasteiger partial charge < -0.3 is 4.90 Å². The zero-order valence-electron chi connectivity index (χ0n) is 9.03. The van der Waals surface area contributed by atoms with Crippen molar-refractivity contribution in [2.45, 2.75) is 26.2 Å². The van der Waals surface area contributed by atoms with E-state index in [0.717, 1.165) is 19.5 Å². The number of nitrogens with one attached hydrogen (secondary N) is 1. The van der Waals surface area contributed by atoms with Crippen LogP contribution in [0.25, 0.3) is 0 Å². The summed E-state index contributed by atoms with van der Waals surface area (Å²) in [6.45, 7) is 5.58. The molecule has 2 rings (SSSR count). The molecule has 5 nitrogen and oxygen atoms in total. The first-order valence-electron chi connectivity index (χ1n) is 5.55. The van der Waals surface area contributed by atoms with Gasteiger partial charge in [0.25, 0.3) is 0 Å².